The monoisotopic (exact) mass is 614 g/mol. The highest BCUT2D eigenvalue weighted by Crippen LogP contribution is 2.43. The van der Waals surface area contributed by atoms with Gasteiger partial charge in [-0.3, -0.25) is 0 Å². The van der Waals surface area contributed by atoms with Gasteiger partial charge in [-0.1, -0.05) is 140 Å². The number of hydrogen-bond donors (Lipinski definition) is 0. The maximum absolute atomic E-state index is 2.34. The van der Waals surface area contributed by atoms with Crippen LogP contribution < -0.4 is 9.80 Å². The predicted molar refractivity (Wildman–Crippen MR) is 204 cm³/mol. The average Bonchev–Trinajstić information content (AvgIpc) is 3.17. The van der Waals surface area contributed by atoms with Crippen LogP contribution in [0.15, 0.2) is 206 Å². The molecule has 0 N–H and O–H groups in total. The van der Waals surface area contributed by atoms with E-state index < -0.39 is 0 Å². The molecule has 0 saturated carbocycles. The van der Waals surface area contributed by atoms with Gasteiger partial charge in [-0.2, -0.15) is 0 Å². The lowest BCUT2D eigenvalue weighted by Gasteiger charge is -2.27. The van der Waals surface area contributed by atoms with Crippen molar-refractivity contribution in [3.63, 3.8) is 0 Å². The highest BCUT2D eigenvalue weighted by molar-refractivity contribution is 6.06. The maximum Gasteiger partial charge on any atom is 0.0540 e. The second kappa shape index (κ2) is 13.2. The lowest BCUT2D eigenvalue weighted by Crippen LogP contribution is -2.10. The Kier molecular flexibility index (Phi) is 7.96. The second-order valence-electron chi connectivity index (χ2n) is 11.8. The van der Waals surface area contributed by atoms with E-state index in [0.29, 0.717) is 0 Å². The molecule has 0 radical (unpaired) electrons. The number of para-hydroxylation sites is 3. The molecule has 0 saturated heterocycles. The molecular weight excluding hydrogens is 581 g/mol. The van der Waals surface area contributed by atoms with Crippen LogP contribution in [0.5, 0.6) is 0 Å². The lowest BCUT2D eigenvalue weighted by molar-refractivity contribution is 1.28. The molecule has 8 rings (SSSR count). The molecule has 8 aromatic rings. The van der Waals surface area contributed by atoms with Gasteiger partial charge in [0.1, 0.15) is 0 Å². The Labute approximate surface area is 282 Å². The highest BCUT2D eigenvalue weighted by Gasteiger charge is 2.18. The Bertz CT molecular complexity index is 2220. The molecule has 0 unspecified atom stereocenters. The topological polar surface area (TPSA) is 6.48 Å². The van der Waals surface area contributed by atoms with E-state index in [-0.39, 0.29) is 0 Å². The van der Waals surface area contributed by atoms with Gasteiger partial charge < -0.3 is 9.80 Å². The van der Waals surface area contributed by atoms with Crippen molar-refractivity contribution in [3.8, 4) is 22.3 Å². The molecule has 0 aromatic heterocycles. The molecule has 0 heterocycles. The van der Waals surface area contributed by atoms with Crippen LogP contribution in [-0.4, -0.2) is 0 Å². The molecule has 0 fully saturated rings. The molecule has 8 aromatic carbocycles. The van der Waals surface area contributed by atoms with Crippen LogP contribution >= 0.6 is 0 Å². The first-order chi connectivity index (χ1) is 23.8. The zero-order chi connectivity index (χ0) is 32.1. The van der Waals surface area contributed by atoms with E-state index in [2.05, 4.69) is 216 Å². The SMILES string of the molecule is c1ccc(-c2cccc(N(c3ccccc3)c3ccc(-c4ccc(N(c5ccccc5)c5ccccc5)c5ccccc45)cc3)c2)cc1. The zero-order valence-electron chi connectivity index (χ0n) is 26.5. The number of hydrogen-bond acceptors (Lipinski definition) is 2. The summed E-state index contributed by atoms with van der Waals surface area (Å²) in [5, 5.41) is 2.42. The summed E-state index contributed by atoms with van der Waals surface area (Å²) in [6.07, 6.45) is 0. The Hall–Kier alpha value is -6.38. The van der Waals surface area contributed by atoms with Gasteiger partial charge in [0.15, 0.2) is 0 Å². The maximum atomic E-state index is 2.34. The van der Waals surface area contributed by atoms with Gasteiger partial charge in [0.25, 0.3) is 0 Å². The van der Waals surface area contributed by atoms with Crippen molar-refractivity contribution in [2.45, 2.75) is 0 Å². The summed E-state index contributed by atoms with van der Waals surface area (Å²) in [5.41, 5.74) is 11.5. The fourth-order valence-corrected chi connectivity index (χ4v) is 6.58. The summed E-state index contributed by atoms with van der Waals surface area (Å²) in [6.45, 7) is 0. The number of rotatable bonds is 8. The first-order valence-electron chi connectivity index (χ1n) is 16.4. The van der Waals surface area contributed by atoms with Crippen LogP contribution in [0, 0.1) is 0 Å². The minimum absolute atomic E-state index is 1.11. The molecule has 0 amide bonds. The molecule has 2 nitrogen and oxygen atoms in total. The van der Waals surface area contributed by atoms with Crippen molar-refractivity contribution < 1.29 is 0 Å². The number of fused-ring (bicyclic) bond motifs is 1. The third-order valence-corrected chi connectivity index (χ3v) is 8.83. The summed E-state index contributed by atoms with van der Waals surface area (Å²) in [6, 6.07) is 73.4. The molecule has 228 valence electrons. The van der Waals surface area contributed by atoms with Crippen LogP contribution in [0.4, 0.5) is 34.1 Å². The van der Waals surface area contributed by atoms with Gasteiger partial charge in [0.2, 0.25) is 0 Å². The smallest absolute Gasteiger partial charge is 0.0540 e. The molecule has 0 aliphatic rings. The number of anilines is 6. The third kappa shape index (κ3) is 5.72. The van der Waals surface area contributed by atoms with Crippen molar-refractivity contribution in [3.05, 3.63) is 206 Å². The Balaban J connectivity index is 1.21. The molecule has 48 heavy (non-hydrogen) atoms. The van der Waals surface area contributed by atoms with Crippen LogP contribution in [0.25, 0.3) is 33.0 Å². The highest BCUT2D eigenvalue weighted by atomic mass is 15.1. The first kappa shape index (κ1) is 29.1. The molecule has 0 aliphatic carbocycles. The zero-order valence-corrected chi connectivity index (χ0v) is 26.5. The Morgan fingerprint density at radius 3 is 1.31 bits per heavy atom. The quantitative estimate of drug-likeness (QED) is 0.168. The van der Waals surface area contributed by atoms with Crippen LogP contribution in [0.2, 0.25) is 0 Å². The number of benzene rings is 8. The largest absolute Gasteiger partial charge is 0.310 e. The third-order valence-electron chi connectivity index (χ3n) is 8.83. The van der Waals surface area contributed by atoms with Crippen molar-refractivity contribution in [1.82, 2.24) is 0 Å². The Morgan fingerprint density at radius 2 is 0.708 bits per heavy atom. The molecule has 0 spiro atoms. The van der Waals surface area contributed by atoms with E-state index in [9.17, 15) is 0 Å². The van der Waals surface area contributed by atoms with Gasteiger partial charge >= 0.3 is 0 Å². The summed E-state index contributed by atoms with van der Waals surface area (Å²) in [7, 11) is 0. The Morgan fingerprint density at radius 1 is 0.250 bits per heavy atom. The normalized spacial score (nSPS) is 10.9. The van der Waals surface area contributed by atoms with Gasteiger partial charge in [-0.15, -0.1) is 0 Å². The van der Waals surface area contributed by atoms with Crippen molar-refractivity contribution in [2.75, 3.05) is 9.80 Å². The molecular formula is C46H34N2. The van der Waals surface area contributed by atoms with Gasteiger partial charge in [-0.05, 0) is 94.4 Å². The summed E-state index contributed by atoms with van der Waals surface area (Å²) in [4.78, 5) is 4.67. The van der Waals surface area contributed by atoms with E-state index in [4.69, 9.17) is 0 Å². The van der Waals surface area contributed by atoms with E-state index in [1.54, 1.807) is 0 Å². The minimum atomic E-state index is 1.11. The van der Waals surface area contributed by atoms with E-state index in [1.807, 2.05) is 0 Å². The summed E-state index contributed by atoms with van der Waals surface area (Å²) in [5.74, 6) is 0. The van der Waals surface area contributed by atoms with Crippen LogP contribution in [0.3, 0.4) is 0 Å². The van der Waals surface area contributed by atoms with Gasteiger partial charge in [0, 0.05) is 33.8 Å². The standard InChI is InChI=1S/C46H34N2/c1-5-16-35(17-6-1)37-18-15-25-42(34-37)47(38-19-7-2-8-20-38)41-30-28-36(29-31-41)43-32-33-46(45-27-14-13-26-44(43)45)48(39-21-9-3-10-22-39)40-23-11-4-12-24-40/h1-34H. The first-order valence-corrected chi connectivity index (χ1v) is 16.4. The molecule has 0 atom stereocenters. The van der Waals surface area contributed by atoms with Crippen molar-refractivity contribution >= 4 is 44.9 Å². The van der Waals surface area contributed by atoms with E-state index in [0.717, 1.165) is 34.1 Å². The molecule has 0 aliphatic heterocycles. The molecule has 2 heteroatoms. The average molecular weight is 615 g/mol. The van der Waals surface area contributed by atoms with Crippen LogP contribution in [0.1, 0.15) is 0 Å². The summed E-state index contributed by atoms with van der Waals surface area (Å²) < 4.78 is 0. The molecule has 0 bridgehead atoms. The second-order valence-corrected chi connectivity index (χ2v) is 11.8. The predicted octanol–water partition coefficient (Wildman–Crippen LogP) is 13.1. The fourth-order valence-electron chi connectivity index (χ4n) is 6.58. The van der Waals surface area contributed by atoms with E-state index in [1.165, 1.54) is 33.0 Å². The fraction of sp³-hybridized carbons (Fsp3) is 0. The van der Waals surface area contributed by atoms with E-state index >= 15 is 0 Å². The van der Waals surface area contributed by atoms with Crippen LogP contribution in [-0.2, 0) is 0 Å². The lowest BCUT2D eigenvalue weighted by atomic mass is 9.96. The van der Waals surface area contributed by atoms with Crippen molar-refractivity contribution in [1.29, 1.82) is 0 Å². The minimum Gasteiger partial charge on any atom is -0.310 e. The van der Waals surface area contributed by atoms with Gasteiger partial charge in [0.05, 0.1) is 5.69 Å². The number of nitrogens with zero attached hydrogens (tertiary/aromatic N) is 2. The van der Waals surface area contributed by atoms with Gasteiger partial charge in [-0.25, -0.2) is 0 Å². The van der Waals surface area contributed by atoms with Crippen molar-refractivity contribution in [2.24, 2.45) is 0 Å². The summed E-state index contributed by atoms with van der Waals surface area (Å²) >= 11 is 0.